The van der Waals surface area contributed by atoms with Gasteiger partial charge in [-0.15, -0.1) is 11.8 Å². The Labute approximate surface area is 163 Å². The van der Waals surface area contributed by atoms with E-state index in [2.05, 4.69) is 10.6 Å². The summed E-state index contributed by atoms with van der Waals surface area (Å²) in [6, 6.07) is 13.3. The number of carbonyl (C=O) groups is 2. The molecule has 0 bridgehead atoms. The molecule has 0 saturated heterocycles. The first-order valence-electron chi connectivity index (χ1n) is 8.73. The van der Waals surface area contributed by atoms with Crippen LogP contribution in [0.25, 0.3) is 0 Å². The number of anilines is 1. The Bertz CT molecular complexity index is 893. The van der Waals surface area contributed by atoms with E-state index in [-0.39, 0.29) is 11.8 Å². The standard InChI is InChI=1S/C21H22N2O3S/c1-14-4-3-5-16(10-14)12-22-20(24)17-7-6-15(2)18(11-17)23-21(25)19-13-27-9-8-26-19/h3-7,10-11,13H,8-9,12H2,1-2H3,(H,22,24)(H,23,25). The van der Waals surface area contributed by atoms with Gasteiger partial charge in [0.25, 0.3) is 11.8 Å². The number of thioether (sulfide) groups is 1. The van der Waals surface area contributed by atoms with Gasteiger partial charge in [-0.25, -0.2) is 0 Å². The van der Waals surface area contributed by atoms with Crippen LogP contribution in [0, 0.1) is 13.8 Å². The van der Waals surface area contributed by atoms with Gasteiger partial charge in [0, 0.05) is 29.0 Å². The van der Waals surface area contributed by atoms with Crippen LogP contribution in [0.2, 0.25) is 0 Å². The summed E-state index contributed by atoms with van der Waals surface area (Å²) in [5.74, 6) is 0.658. The lowest BCUT2D eigenvalue weighted by Gasteiger charge is -2.15. The third kappa shape index (κ3) is 5.14. The molecule has 0 radical (unpaired) electrons. The van der Waals surface area contributed by atoms with Crippen molar-refractivity contribution in [2.75, 3.05) is 17.7 Å². The maximum absolute atomic E-state index is 12.5. The van der Waals surface area contributed by atoms with Gasteiger partial charge >= 0.3 is 0 Å². The van der Waals surface area contributed by atoms with Crippen LogP contribution < -0.4 is 10.6 Å². The van der Waals surface area contributed by atoms with Gasteiger partial charge in [0.15, 0.2) is 5.76 Å². The Morgan fingerprint density at radius 2 is 1.96 bits per heavy atom. The molecule has 6 heteroatoms. The minimum absolute atomic E-state index is 0.185. The Morgan fingerprint density at radius 3 is 2.70 bits per heavy atom. The Kier molecular flexibility index (Phi) is 6.19. The summed E-state index contributed by atoms with van der Waals surface area (Å²) in [5, 5.41) is 7.46. The summed E-state index contributed by atoms with van der Waals surface area (Å²) in [6.45, 7) is 4.87. The number of rotatable bonds is 5. The molecule has 1 aliphatic rings. The zero-order valence-corrected chi connectivity index (χ0v) is 16.2. The number of amides is 2. The van der Waals surface area contributed by atoms with Crippen molar-refractivity contribution in [1.82, 2.24) is 5.32 Å². The molecule has 0 spiro atoms. The summed E-state index contributed by atoms with van der Waals surface area (Å²) in [4.78, 5) is 24.8. The molecule has 1 aliphatic heterocycles. The maximum Gasteiger partial charge on any atom is 0.291 e. The van der Waals surface area contributed by atoms with Crippen molar-refractivity contribution in [3.05, 3.63) is 75.9 Å². The molecule has 27 heavy (non-hydrogen) atoms. The first-order chi connectivity index (χ1) is 13.0. The highest BCUT2D eigenvalue weighted by Crippen LogP contribution is 2.21. The average molecular weight is 382 g/mol. The van der Waals surface area contributed by atoms with Crippen molar-refractivity contribution in [1.29, 1.82) is 0 Å². The zero-order chi connectivity index (χ0) is 19.2. The zero-order valence-electron chi connectivity index (χ0n) is 15.4. The fourth-order valence-corrected chi connectivity index (χ4v) is 3.30. The Hall–Kier alpha value is -2.73. The van der Waals surface area contributed by atoms with E-state index in [1.54, 1.807) is 29.3 Å². The van der Waals surface area contributed by atoms with Crippen LogP contribution in [-0.2, 0) is 16.1 Å². The summed E-state index contributed by atoms with van der Waals surface area (Å²) in [5.41, 5.74) is 4.17. The van der Waals surface area contributed by atoms with Crippen molar-refractivity contribution >= 4 is 29.3 Å². The van der Waals surface area contributed by atoms with Crippen LogP contribution in [0.5, 0.6) is 0 Å². The Morgan fingerprint density at radius 1 is 1.11 bits per heavy atom. The molecule has 0 aromatic heterocycles. The molecule has 0 atom stereocenters. The molecule has 2 N–H and O–H groups in total. The molecular formula is C21H22N2O3S. The molecule has 0 fully saturated rings. The number of ether oxygens (including phenoxy) is 1. The summed E-state index contributed by atoms with van der Waals surface area (Å²) < 4.78 is 5.38. The largest absolute Gasteiger partial charge is 0.487 e. The third-order valence-electron chi connectivity index (χ3n) is 4.16. The van der Waals surface area contributed by atoms with Gasteiger partial charge in [0.1, 0.15) is 0 Å². The molecule has 2 amide bonds. The van der Waals surface area contributed by atoms with E-state index in [0.29, 0.717) is 30.2 Å². The van der Waals surface area contributed by atoms with Crippen molar-refractivity contribution in [3.8, 4) is 0 Å². The molecule has 3 rings (SSSR count). The molecular weight excluding hydrogens is 360 g/mol. The van der Waals surface area contributed by atoms with Crippen LogP contribution in [0.1, 0.15) is 27.0 Å². The lowest BCUT2D eigenvalue weighted by Crippen LogP contribution is -2.23. The van der Waals surface area contributed by atoms with Crippen molar-refractivity contribution < 1.29 is 14.3 Å². The molecule has 5 nitrogen and oxygen atoms in total. The minimum Gasteiger partial charge on any atom is -0.487 e. The second-order valence-electron chi connectivity index (χ2n) is 6.36. The summed E-state index contributed by atoms with van der Waals surface area (Å²) in [6.07, 6.45) is 0. The van der Waals surface area contributed by atoms with Gasteiger partial charge in [-0.05, 0) is 37.1 Å². The predicted octanol–water partition coefficient (Wildman–Crippen LogP) is 3.78. The van der Waals surface area contributed by atoms with E-state index in [0.717, 1.165) is 22.4 Å². The SMILES string of the molecule is Cc1cccc(CNC(=O)c2ccc(C)c(NC(=O)C3=CSCCO3)c2)c1. The normalized spacial score (nSPS) is 13.3. The van der Waals surface area contributed by atoms with E-state index >= 15 is 0 Å². The van der Waals surface area contributed by atoms with Gasteiger partial charge in [-0.1, -0.05) is 35.9 Å². The predicted molar refractivity (Wildman–Crippen MR) is 109 cm³/mol. The van der Waals surface area contributed by atoms with Crippen LogP contribution >= 0.6 is 11.8 Å². The van der Waals surface area contributed by atoms with E-state index in [9.17, 15) is 9.59 Å². The fourth-order valence-electron chi connectivity index (χ4n) is 2.68. The van der Waals surface area contributed by atoms with Crippen molar-refractivity contribution in [2.45, 2.75) is 20.4 Å². The first kappa shape index (κ1) is 19.0. The van der Waals surface area contributed by atoms with Gasteiger partial charge in [-0.2, -0.15) is 0 Å². The number of benzene rings is 2. The van der Waals surface area contributed by atoms with Crippen LogP contribution in [0.4, 0.5) is 5.69 Å². The third-order valence-corrected chi connectivity index (χ3v) is 4.94. The number of aryl methyl sites for hydroxylation is 2. The topological polar surface area (TPSA) is 67.4 Å². The van der Waals surface area contributed by atoms with E-state index in [1.807, 2.05) is 44.2 Å². The lowest BCUT2D eigenvalue weighted by atomic mass is 10.1. The highest BCUT2D eigenvalue weighted by Gasteiger charge is 2.16. The molecule has 2 aromatic rings. The van der Waals surface area contributed by atoms with Crippen LogP contribution in [0.15, 0.2) is 53.6 Å². The fraction of sp³-hybridized carbons (Fsp3) is 0.238. The van der Waals surface area contributed by atoms with Crippen LogP contribution in [0.3, 0.4) is 0 Å². The van der Waals surface area contributed by atoms with Gasteiger partial charge in [-0.3, -0.25) is 9.59 Å². The van der Waals surface area contributed by atoms with Crippen LogP contribution in [-0.4, -0.2) is 24.2 Å². The average Bonchev–Trinajstić information content (AvgIpc) is 2.68. The number of nitrogens with one attached hydrogen (secondary N) is 2. The number of carbonyl (C=O) groups excluding carboxylic acids is 2. The Balaban J connectivity index is 1.67. The minimum atomic E-state index is -0.303. The first-order valence-corrected chi connectivity index (χ1v) is 9.78. The summed E-state index contributed by atoms with van der Waals surface area (Å²) >= 11 is 1.55. The molecule has 2 aromatic carbocycles. The molecule has 140 valence electrons. The van der Waals surface area contributed by atoms with Gasteiger partial charge < -0.3 is 15.4 Å². The molecule has 0 aliphatic carbocycles. The lowest BCUT2D eigenvalue weighted by molar-refractivity contribution is -0.116. The van der Waals surface area contributed by atoms with Crippen molar-refractivity contribution in [2.24, 2.45) is 0 Å². The maximum atomic E-state index is 12.5. The summed E-state index contributed by atoms with van der Waals surface area (Å²) in [7, 11) is 0. The van der Waals surface area contributed by atoms with E-state index < -0.39 is 0 Å². The molecule has 1 heterocycles. The van der Waals surface area contributed by atoms with Gasteiger partial charge in [0.2, 0.25) is 0 Å². The van der Waals surface area contributed by atoms with Crippen molar-refractivity contribution in [3.63, 3.8) is 0 Å². The molecule has 0 unspecified atom stereocenters. The second kappa shape index (κ2) is 8.77. The number of hydrogen-bond donors (Lipinski definition) is 2. The van der Waals surface area contributed by atoms with Gasteiger partial charge in [0.05, 0.1) is 6.61 Å². The quantitative estimate of drug-likeness (QED) is 0.826. The highest BCUT2D eigenvalue weighted by molar-refractivity contribution is 8.02. The monoisotopic (exact) mass is 382 g/mol. The number of hydrogen-bond acceptors (Lipinski definition) is 4. The van der Waals surface area contributed by atoms with E-state index in [1.165, 1.54) is 0 Å². The second-order valence-corrected chi connectivity index (χ2v) is 7.33. The smallest absolute Gasteiger partial charge is 0.291 e. The van der Waals surface area contributed by atoms with E-state index in [4.69, 9.17) is 4.74 Å². The highest BCUT2D eigenvalue weighted by atomic mass is 32.2. The molecule has 0 saturated carbocycles.